The Balaban J connectivity index is 2.50. The molecule has 0 radical (unpaired) electrons. The molecule has 1 N–H and O–H groups in total. The molecule has 0 aliphatic carbocycles. The SMILES string of the molecule is Cn1ccnc(N2CCCCC2(C)C(=O)O)c1=O. The summed E-state index contributed by atoms with van der Waals surface area (Å²) in [4.78, 5) is 29.2. The zero-order valence-electron chi connectivity index (χ0n) is 10.6. The summed E-state index contributed by atoms with van der Waals surface area (Å²) in [6.45, 7) is 2.21. The Morgan fingerprint density at radius 1 is 1.50 bits per heavy atom. The molecule has 0 saturated carbocycles. The minimum absolute atomic E-state index is 0.226. The summed E-state index contributed by atoms with van der Waals surface area (Å²) in [5.41, 5.74) is -1.30. The third-order valence-electron chi connectivity index (χ3n) is 3.61. The number of aryl methyl sites for hydroxylation is 1. The molecule has 1 saturated heterocycles. The molecule has 0 spiro atoms. The largest absolute Gasteiger partial charge is 0.480 e. The maximum absolute atomic E-state index is 12.0. The van der Waals surface area contributed by atoms with Gasteiger partial charge in [0.25, 0.3) is 5.56 Å². The zero-order chi connectivity index (χ0) is 13.3. The highest BCUT2D eigenvalue weighted by Crippen LogP contribution is 2.30. The molecular weight excluding hydrogens is 234 g/mol. The van der Waals surface area contributed by atoms with Gasteiger partial charge in [-0.2, -0.15) is 0 Å². The molecule has 1 aromatic rings. The van der Waals surface area contributed by atoms with Gasteiger partial charge in [0, 0.05) is 26.0 Å². The van der Waals surface area contributed by atoms with Gasteiger partial charge in [-0.25, -0.2) is 9.78 Å². The van der Waals surface area contributed by atoms with Crippen molar-refractivity contribution in [1.29, 1.82) is 0 Å². The molecule has 0 aromatic carbocycles. The van der Waals surface area contributed by atoms with Crippen molar-refractivity contribution in [3.63, 3.8) is 0 Å². The van der Waals surface area contributed by atoms with E-state index in [9.17, 15) is 14.7 Å². The summed E-state index contributed by atoms with van der Waals surface area (Å²) in [7, 11) is 1.63. The van der Waals surface area contributed by atoms with Gasteiger partial charge < -0.3 is 14.6 Å². The number of hydrogen-bond donors (Lipinski definition) is 1. The minimum atomic E-state index is -1.04. The molecule has 6 heteroatoms. The second kappa shape index (κ2) is 4.44. The molecular formula is C12H17N3O3. The van der Waals surface area contributed by atoms with Gasteiger partial charge in [0.2, 0.25) is 0 Å². The lowest BCUT2D eigenvalue weighted by Gasteiger charge is -2.41. The van der Waals surface area contributed by atoms with Gasteiger partial charge in [0.1, 0.15) is 5.54 Å². The summed E-state index contributed by atoms with van der Waals surface area (Å²) in [6.07, 6.45) is 5.35. The number of nitrogens with zero attached hydrogens (tertiary/aromatic N) is 3. The van der Waals surface area contributed by atoms with Gasteiger partial charge in [-0.15, -0.1) is 0 Å². The number of aliphatic carboxylic acids is 1. The number of piperidine rings is 1. The maximum atomic E-state index is 12.0. The van der Waals surface area contributed by atoms with E-state index >= 15 is 0 Å². The van der Waals surface area contributed by atoms with Crippen molar-refractivity contribution in [2.24, 2.45) is 7.05 Å². The number of aromatic nitrogens is 2. The molecule has 18 heavy (non-hydrogen) atoms. The van der Waals surface area contributed by atoms with Crippen LogP contribution in [-0.2, 0) is 11.8 Å². The van der Waals surface area contributed by atoms with Crippen LogP contribution in [0.5, 0.6) is 0 Å². The Bertz CT molecular complexity index is 526. The summed E-state index contributed by atoms with van der Waals surface area (Å²) < 4.78 is 1.42. The van der Waals surface area contributed by atoms with Crippen LogP contribution in [0.1, 0.15) is 26.2 Å². The van der Waals surface area contributed by atoms with Crippen molar-refractivity contribution in [1.82, 2.24) is 9.55 Å². The number of carboxylic acid groups (broad SMARTS) is 1. The molecule has 2 rings (SSSR count). The van der Waals surface area contributed by atoms with Crippen molar-refractivity contribution < 1.29 is 9.90 Å². The maximum Gasteiger partial charge on any atom is 0.329 e. The molecule has 1 aliphatic rings. The van der Waals surface area contributed by atoms with Crippen molar-refractivity contribution in [3.8, 4) is 0 Å². The number of rotatable bonds is 2. The van der Waals surface area contributed by atoms with Gasteiger partial charge in [-0.1, -0.05) is 0 Å². The third-order valence-corrected chi connectivity index (χ3v) is 3.61. The molecule has 1 unspecified atom stereocenters. The quantitative estimate of drug-likeness (QED) is 0.833. The van der Waals surface area contributed by atoms with Crippen molar-refractivity contribution in [2.45, 2.75) is 31.7 Å². The lowest BCUT2D eigenvalue weighted by atomic mass is 9.88. The average Bonchev–Trinajstić information content (AvgIpc) is 2.34. The Kier molecular flexibility index (Phi) is 3.11. The van der Waals surface area contributed by atoms with E-state index in [2.05, 4.69) is 4.98 Å². The number of anilines is 1. The van der Waals surface area contributed by atoms with Crippen LogP contribution in [0, 0.1) is 0 Å². The van der Waals surface area contributed by atoms with Crippen LogP contribution in [0.4, 0.5) is 5.82 Å². The van der Waals surface area contributed by atoms with Crippen LogP contribution in [-0.4, -0.2) is 32.7 Å². The lowest BCUT2D eigenvalue weighted by Crippen LogP contribution is -2.57. The van der Waals surface area contributed by atoms with E-state index in [0.29, 0.717) is 13.0 Å². The molecule has 1 atom stereocenters. The molecule has 2 heterocycles. The first-order chi connectivity index (χ1) is 8.47. The highest BCUT2D eigenvalue weighted by Gasteiger charge is 2.43. The first-order valence-corrected chi connectivity index (χ1v) is 5.99. The molecule has 1 fully saturated rings. The number of carboxylic acids is 1. The summed E-state index contributed by atoms with van der Waals surface area (Å²) in [5.74, 6) is -0.681. The fourth-order valence-corrected chi connectivity index (χ4v) is 2.35. The predicted octanol–water partition coefficient (Wildman–Crippen LogP) is 0.614. The van der Waals surface area contributed by atoms with Gasteiger partial charge in [0.05, 0.1) is 0 Å². The van der Waals surface area contributed by atoms with Crippen molar-refractivity contribution in [3.05, 3.63) is 22.7 Å². The topological polar surface area (TPSA) is 75.4 Å². The normalized spacial score (nSPS) is 24.0. The van der Waals surface area contributed by atoms with Crippen LogP contribution >= 0.6 is 0 Å². The van der Waals surface area contributed by atoms with Crippen LogP contribution in [0.3, 0.4) is 0 Å². The Labute approximate surface area is 105 Å². The standard InChI is InChI=1S/C12H17N3O3/c1-12(11(17)18)5-3-4-7-15(12)9-10(16)14(2)8-6-13-9/h6,8H,3-5,7H2,1-2H3,(H,17,18). The second-order valence-electron chi connectivity index (χ2n) is 4.85. The molecule has 0 bridgehead atoms. The smallest absolute Gasteiger partial charge is 0.329 e. The Morgan fingerprint density at radius 3 is 2.89 bits per heavy atom. The van der Waals surface area contributed by atoms with Gasteiger partial charge in [-0.05, 0) is 26.2 Å². The first kappa shape index (κ1) is 12.6. The first-order valence-electron chi connectivity index (χ1n) is 5.99. The third kappa shape index (κ3) is 1.87. The van der Waals surface area contributed by atoms with E-state index in [0.717, 1.165) is 12.8 Å². The monoisotopic (exact) mass is 251 g/mol. The van der Waals surface area contributed by atoms with E-state index in [-0.39, 0.29) is 11.4 Å². The van der Waals surface area contributed by atoms with E-state index in [4.69, 9.17) is 0 Å². The summed E-state index contributed by atoms with van der Waals surface area (Å²) in [6, 6.07) is 0. The van der Waals surface area contributed by atoms with E-state index in [1.807, 2.05) is 0 Å². The van der Waals surface area contributed by atoms with Crippen molar-refractivity contribution >= 4 is 11.8 Å². The highest BCUT2D eigenvalue weighted by molar-refractivity contribution is 5.82. The molecule has 6 nitrogen and oxygen atoms in total. The lowest BCUT2D eigenvalue weighted by molar-refractivity contribution is -0.143. The van der Waals surface area contributed by atoms with Gasteiger partial charge in [0.15, 0.2) is 5.82 Å². The van der Waals surface area contributed by atoms with Crippen LogP contribution in [0.25, 0.3) is 0 Å². The average molecular weight is 251 g/mol. The molecule has 1 aliphatic heterocycles. The molecule has 1 aromatic heterocycles. The minimum Gasteiger partial charge on any atom is -0.480 e. The van der Waals surface area contributed by atoms with E-state index in [1.165, 1.54) is 10.8 Å². The van der Waals surface area contributed by atoms with Crippen LogP contribution in [0.2, 0.25) is 0 Å². The predicted molar refractivity (Wildman–Crippen MR) is 66.7 cm³/mol. The molecule has 0 amide bonds. The zero-order valence-corrected chi connectivity index (χ0v) is 10.6. The van der Waals surface area contributed by atoms with Crippen LogP contribution in [0.15, 0.2) is 17.2 Å². The van der Waals surface area contributed by atoms with Crippen molar-refractivity contribution in [2.75, 3.05) is 11.4 Å². The fraction of sp³-hybridized carbons (Fsp3) is 0.583. The number of hydrogen-bond acceptors (Lipinski definition) is 4. The van der Waals surface area contributed by atoms with Gasteiger partial charge >= 0.3 is 5.97 Å². The summed E-state index contributed by atoms with van der Waals surface area (Å²) in [5, 5.41) is 9.41. The van der Waals surface area contributed by atoms with Gasteiger partial charge in [-0.3, -0.25) is 4.79 Å². The Hall–Kier alpha value is -1.85. The second-order valence-corrected chi connectivity index (χ2v) is 4.85. The summed E-state index contributed by atoms with van der Waals surface area (Å²) >= 11 is 0. The fourth-order valence-electron chi connectivity index (χ4n) is 2.35. The van der Waals surface area contributed by atoms with E-state index < -0.39 is 11.5 Å². The highest BCUT2D eigenvalue weighted by atomic mass is 16.4. The number of carbonyl (C=O) groups is 1. The van der Waals surface area contributed by atoms with Crippen LogP contribution < -0.4 is 10.5 Å². The molecule has 98 valence electrons. The van der Waals surface area contributed by atoms with E-state index in [1.54, 1.807) is 25.1 Å². The Morgan fingerprint density at radius 2 is 2.22 bits per heavy atom.